The van der Waals surface area contributed by atoms with Crippen molar-refractivity contribution < 1.29 is 21.6 Å². The quantitative estimate of drug-likeness (QED) is 0.291. The van der Waals surface area contributed by atoms with Crippen LogP contribution in [-0.4, -0.2) is 44.9 Å². The molecule has 2 heterocycles. The molecule has 0 radical (unpaired) electrons. The highest BCUT2D eigenvalue weighted by Gasteiger charge is 2.34. The zero-order valence-corrected chi connectivity index (χ0v) is 23.9. The largest absolute Gasteiger partial charge is 0.491 e. The van der Waals surface area contributed by atoms with Crippen molar-refractivity contribution in [3.05, 3.63) is 84.6 Å². The van der Waals surface area contributed by atoms with Gasteiger partial charge in [0.2, 0.25) is 10.0 Å². The average molecular weight is 568 g/mol. The van der Waals surface area contributed by atoms with E-state index in [0.717, 1.165) is 16.5 Å². The predicted octanol–water partition coefficient (Wildman–Crippen LogP) is 5.43. The van der Waals surface area contributed by atoms with Gasteiger partial charge in [0, 0.05) is 37.1 Å². The van der Waals surface area contributed by atoms with Crippen molar-refractivity contribution in [1.29, 1.82) is 0 Å². The molecule has 5 rings (SSSR count). The van der Waals surface area contributed by atoms with E-state index < -0.39 is 20.0 Å². The van der Waals surface area contributed by atoms with Crippen LogP contribution in [0.2, 0.25) is 0 Å². The van der Waals surface area contributed by atoms with E-state index in [1.165, 1.54) is 0 Å². The summed E-state index contributed by atoms with van der Waals surface area (Å²) in [6.45, 7) is 7.40. The van der Waals surface area contributed by atoms with E-state index in [9.17, 15) is 16.8 Å². The Balaban J connectivity index is 1.38. The molecule has 3 aromatic carbocycles. The highest BCUT2D eigenvalue weighted by Crippen LogP contribution is 2.37. The zero-order valence-electron chi connectivity index (χ0n) is 22.2. The standard InChI is InChI=1S/C29H33N3O5S2/c1-4-31-20-28(27-15-10-23(18-29(27)31)30-38(33,34)25-8-6-5-7-9-25)22-16-17-32(19-22)39(35,36)26-13-11-24(12-14-26)37-21(2)3/h5-15,18,20-22,30H,4,16-17,19H2,1-3H3. The lowest BCUT2D eigenvalue weighted by Crippen LogP contribution is -2.28. The van der Waals surface area contributed by atoms with Crippen LogP contribution in [0.25, 0.3) is 10.9 Å². The summed E-state index contributed by atoms with van der Waals surface area (Å²) in [5, 5.41) is 0.999. The summed E-state index contributed by atoms with van der Waals surface area (Å²) in [7, 11) is -7.35. The zero-order chi connectivity index (χ0) is 27.8. The van der Waals surface area contributed by atoms with Gasteiger partial charge in [0.1, 0.15) is 5.75 Å². The molecule has 1 unspecified atom stereocenters. The first-order valence-electron chi connectivity index (χ1n) is 13.1. The Morgan fingerprint density at radius 2 is 1.67 bits per heavy atom. The van der Waals surface area contributed by atoms with Crippen molar-refractivity contribution in [2.45, 2.75) is 55.5 Å². The van der Waals surface area contributed by atoms with Gasteiger partial charge in [-0.2, -0.15) is 4.31 Å². The summed E-state index contributed by atoms with van der Waals surface area (Å²) in [5.41, 5.74) is 2.46. The predicted molar refractivity (Wildman–Crippen MR) is 153 cm³/mol. The van der Waals surface area contributed by atoms with Gasteiger partial charge in [0.15, 0.2) is 0 Å². The molecule has 0 aliphatic carbocycles. The number of nitrogens with one attached hydrogen (secondary N) is 1. The van der Waals surface area contributed by atoms with E-state index >= 15 is 0 Å². The van der Waals surface area contributed by atoms with Gasteiger partial charge in [-0.05, 0) is 81.3 Å². The molecule has 10 heteroatoms. The molecular weight excluding hydrogens is 534 g/mol. The number of aryl methyl sites for hydroxylation is 1. The fraction of sp³-hybridized carbons (Fsp3) is 0.310. The molecule has 0 spiro atoms. The molecule has 0 amide bonds. The molecule has 1 saturated heterocycles. The number of rotatable bonds is 9. The van der Waals surface area contributed by atoms with Crippen molar-refractivity contribution >= 4 is 36.6 Å². The third-order valence-corrected chi connectivity index (χ3v) is 10.3. The lowest BCUT2D eigenvalue weighted by Gasteiger charge is -2.17. The minimum Gasteiger partial charge on any atom is -0.491 e. The van der Waals surface area contributed by atoms with Gasteiger partial charge in [-0.1, -0.05) is 24.3 Å². The average Bonchev–Trinajstić information content (AvgIpc) is 3.54. The summed E-state index contributed by atoms with van der Waals surface area (Å²) in [5.74, 6) is 0.673. The first-order chi connectivity index (χ1) is 18.6. The number of hydrogen-bond donors (Lipinski definition) is 1. The number of sulfonamides is 2. The van der Waals surface area contributed by atoms with Crippen molar-refractivity contribution in [2.75, 3.05) is 17.8 Å². The molecule has 1 N–H and O–H groups in total. The maximum atomic E-state index is 13.4. The summed E-state index contributed by atoms with van der Waals surface area (Å²) in [4.78, 5) is 0.455. The van der Waals surface area contributed by atoms with Crippen LogP contribution in [0.5, 0.6) is 5.75 Å². The minimum atomic E-state index is -3.71. The summed E-state index contributed by atoms with van der Waals surface area (Å²) < 4.78 is 64.4. The Bertz CT molecular complexity index is 1680. The number of hydrogen-bond acceptors (Lipinski definition) is 5. The smallest absolute Gasteiger partial charge is 0.261 e. The molecule has 4 aromatic rings. The van der Waals surface area contributed by atoms with E-state index in [2.05, 4.69) is 15.5 Å². The summed E-state index contributed by atoms with van der Waals surface area (Å²) in [6.07, 6.45) is 2.79. The summed E-state index contributed by atoms with van der Waals surface area (Å²) in [6, 6.07) is 20.4. The molecule has 0 bridgehead atoms. The maximum absolute atomic E-state index is 13.4. The van der Waals surface area contributed by atoms with Crippen LogP contribution >= 0.6 is 0 Å². The van der Waals surface area contributed by atoms with E-state index in [0.29, 0.717) is 37.5 Å². The molecule has 39 heavy (non-hydrogen) atoms. The number of anilines is 1. The normalized spacial score (nSPS) is 16.7. The molecule has 8 nitrogen and oxygen atoms in total. The Kier molecular flexibility index (Phi) is 7.45. The minimum absolute atomic E-state index is 0.0113. The van der Waals surface area contributed by atoms with Crippen LogP contribution in [0.3, 0.4) is 0 Å². The van der Waals surface area contributed by atoms with Crippen molar-refractivity contribution in [1.82, 2.24) is 8.87 Å². The lowest BCUT2D eigenvalue weighted by atomic mass is 9.98. The first-order valence-corrected chi connectivity index (χ1v) is 16.0. The lowest BCUT2D eigenvalue weighted by molar-refractivity contribution is 0.242. The third kappa shape index (κ3) is 5.54. The first kappa shape index (κ1) is 27.2. The fourth-order valence-electron chi connectivity index (χ4n) is 5.10. The Hall–Kier alpha value is -3.34. The highest BCUT2D eigenvalue weighted by atomic mass is 32.2. The van der Waals surface area contributed by atoms with Crippen LogP contribution in [0.4, 0.5) is 5.69 Å². The molecule has 1 aliphatic heterocycles. The topological polar surface area (TPSA) is 97.7 Å². The third-order valence-electron chi connectivity index (χ3n) is 6.98. The van der Waals surface area contributed by atoms with Crippen molar-refractivity contribution in [3.8, 4) is 5.75 Å². The molecule has 206 valence electrons. The molecule has 1 aliphatic rings. The monoisotopic (exact) mass is 567 g/mol. The van der Waals surface area contributed by atoms with E-state index in [1.54, 1.807) is 65.0 Å². The van der Waals surface area contributed by atoms with Gasteiger partial charge in [-0.25, -0.2) is 16.8 Å². The van der Waals surface area contributed by atoms with Crippen molar-refractivity contribution in [2.24, 2.45) is 0 Å². The number of fused-ring (bicyclic) bond motifs is 1. The van der Waals surface area contributed by atoms with Crippen LogP contribution in [0.15, 0.2) is 88.8 Å². The molecule has 1 aromatic heterocycles. The number of aromatic nitrogens is 1. The maximum Gasteiger partial charge on any atom is 0.261 e. The summed E-state index contributed by atoms with van der Waals surface area (Å²) >= 11 is 0. The second-order valence-electron chi connectivity index (χ2n) is 10.0. The van der Waals surface area contributed by atoms with Gasteiger partial charge in [-0.3, -0.25) is 4.72 Å². The van der Waals surface area contributed by atoms with Gasteiger partial charge in [0.25, 0.3) is 10.0 Å². The molecular formula is C29H33N3O5S2. The van der Waals surface area contributed by atoms with Crippen LogP contribution in [0, 0.1) is 0 Å². The number of benzene rings is 3. The van der Waals surface area contributed by atoms with Crippen LogP contribution in [0.1, 0.15) is 38.7 Å². The van der Waals surface area contributed by atoms with E-state index in [1.807, 2.05) is 32.9 Å². The number of ether oxygens (including phenoxy) is 1. The van der Waals surface area contributed by atoms with Crippen molar-refractivity contribution in [3.63, 3.8) is 0 Å². The molecule has 0 saturated carbocycles. The Morgan fingerprint density at radius 1 is 0.949 bits per heavy atom. The Labute approximate surface area is 230 Å². The molecule has 1 fully saturated rings. The second-order valence-corrected chi connectivity index (χ2v) is 13.6. The number of nitrogens with zero attached hydrogens (tertiary/aromatic N) is 2. The van der Waals surface area contributed by atoms with Gasteiger partial charge < -0.3 is 9.30 Å². The van der Waals surface area contributed by atoms with Gasteiger partial charge in [0.05, 0.1) is 27.1 Å². The fourth-order valence-corrected chi connectivity index (χ4v) is 7.67. The SMILES string of the molecule is CCn1cc(C2CCN(S(=O)(=O)c3ccc(OC(C)C)cc3)C2)c2ccc(NS(=O)(=O)c3ccccc3)cc21. The second kappa shape index (κ2) is 10.7. The van der Waals surface area contributed by atoms with Gasteiger partial charge in [-0.15, -0.1) is 0 Å². The van der Waals surface area contributed by atoms with Gasteiger partial charge >= 0.3 is 0 Å². The Morgan fingerprint density at radius 3 is 2.33 bits per heavy atom. The highest BCUT2D eigenvalue weighted by molar-refractivity contribution is 7.92. The van der Waals surface area contributed by atoms with E-state index in [-0.39, 0.29) is 21.8 Å². The molecule has 1 atom stereocenters. The van der Waals surface area contributed by atoms with E-state index in [4.69, 9.17) is 4.74 Å². The van der Waals surface area contributed by atoms with Crippen LogP contribution in [-0.2, 0) is 26.6 Å². The van der Waals surface area contributed by atoms with Crippen LogP contribution < -0.4 is 9.46 Å².